The molecule has 7 atom stereocenters. The smallest absolute Gasteiger partial charge is 0.313 e. The SMILES string of the molecule is C[C@@H]1[C@@H](C)C[C@]23CC(O)C[C@]2([C@@H](C)OC3=O)[C@H]1/C=C/c1ccc(-c2cccc(F)c2)cn1. The molecule has 1 aromatic heterocycles. The van der Waals surface area contributed by atoms with Crippen molar-refractivity contribution in [3.8, 4) is 11.1 Å². The van der Waals surface area contributed by atoms with E-state index in [4.69, 9.17) is 4.74 Å². The van der Waals surface area contributed by atoms with Crippen molar-refractivity contribution in [2.45, 2.75) is 52.2 Å². The highest BCUT2D eigenvalue weighted by Gasteiger charge is 2.75. The van der Waals surface area contributed by atoms with Crippen LogP contribution in [0.15, 0.2) is 48.7 Å². The Bertz CT molecular complexity index is 1070. The lowest BCUT2D eigenvalue weighted by atomic mass is 9.47. The molecule has 1 unspecified atom stereocenters. The summed E-state index contributed by atoms with van der Waals surface area (Å²) in [6, 6.07) is 10.4. The highest BCUT2D eigenvalue weighted by Crippen LogP contribution is 2.71. The molecule has 2 saturated carbocycles. The van der Waals surface area contributed by atoms with E-state index in [9.17, 15) is 14.3 Å². The summed E-state index contributed by atoms with van der Waals surface area (Å²) in [5.41, 5.74) is 1.49. The lowest BCUT2D eigenvalue weighted by Gasteiger charge is -2.52. The third kappa shape index (κ3) is 2.97. The first kappa shape index (κ1) is 21.3. The molecule has 0 amide bonds. The van der Waals surface area contributed by atoms with Gasteiger partial charge in [-0.25, -0.2) is 4.39 Å². The number of pyridine rings is 1. The maximum absolute atomic E-state index is 13.5. The van der Waals surface area contributed by atoms with Crippen LogP contribution in [0.4, 0.5) is 4.39 Å². The summed E-state index contributed by atoms with van der Waals surface area (Å²) in [5.74, 6) is 0.416. The number of ether oxygens (including phenoxy) is 1. The van der Waals surface area contributed by atoms with Crippen molar-refractivity contribution in [2.75, 3.05) is 0 Å². The number of rotatable bonds is 3. The molecule has 1 aliphatic heterocycles. The lowest BCUT2D eigenvalue weighted by Crippen LogP contribution is -2.54. The second kappa shape index (κ2) is 7.51. The highest BCUT2D eigenvalue weighted by molar-refractivity contribution is 5.82. The maximum atomic E-state index is 13.5. The van der Waals surface area contributed by atoms with Crippen LogP contribution in [0, 0.1) is 34.4 Å². The summed E-state index contributed by atoms with van der Waals surface area (Å²) in [6.07, 6.45) is 7.15. The molecule has 0 spiro atoms. The second-order valence-corrected chi connectivity index (χ2v) is 10.1. The van der Waals surface area contributed by atoms with Crippen molar-refractivity contribution in [2.24, 2.45) is 28.6 Å². The van der Waals surface area contributed by atoms with E-state index in [0.717, 1.165) is 23.2 Å². The van der Waals surface area contributed by atoms with Gasteiger partial charge in [0.15, 0.2) is 0 Å². The van der Waals surface area contributed by atoms with Gasteiger partial charge in [-0.3, -0.25) is 9.78 Å². The zero-order valence-electron chi connectivity index (χ0n) is 18.8. The molecule has 5 heteroatoms. The molecule has 2 aromatic rings. The standard InChI is InChI=1S/C27H30FNO3/c1-16-12-26-13-23(30)14-27(26,18(3)32-25(26)31)24(17(16)2)10-9-22-8-7-20(15-29-22)19-5-4-6-21(28)11-19/h4-11,15-18,23-24,30H,12-14H2,1-3H3/b10-9+/t16-,17+,18+,23?,24-,26+,27-/m0/s1. The molecule has 1 saturated heterocycles. The second-order valence-electron chi connectivity index (χ2n) is 10.1. The number of nitrogens with zero attached hydrogens (tertiary/aromatic N) is 1. The largest absolute Gasteiger partial charge is 0.462 e. The van der Waals surface area contributed by atoms with Crippen molar-refractivity contribution in [3.05, 3.63) is 60.2 Å². The van der Waals surface area contributed by atoms with Gasteiger partial charge in [-0.05, 0) is 73.8 Å². The van der Waals surface area contributed by atoms with Gasteiger partial charge in [0.05, 0.1) is 17.2 Å². The van der Waals surface area contributed by atoms with Gasteiger partial charge in [0.25, 0.3) is 0 Å². The van der Waals surface area contributed by atoms with Crippen LogP contribution in [0.2, 0.25) is 0 Å². The number of allylic oxidation sites excluding steroid dienone is 1. The molecule has 1 aromatic carbocycles. The molecular weight excluding hydrogens is 405 g/mol. The molecule has 4 nitrogen and oxygen atoms in total. The van der Waals surface area contributed by atoms with Crippen molar-refractivity contribution >= 4 is 12.0 Å². The zero-order valence-corrected chi connectivity index (χ0v) is 18.8. The van der Waals surface area contributed by atoms with Crippen molar-refractivity contribution in [3.63, 3.8) is 0 Å². The summed E-state index contributed by atoms with van der Waals surface area (Å²) in [4.78, 5) is 17.6. The number of benzene rings is 1. The molecule has 3 fully saturated rings. The minimum atomic E-state index is -0.596. The van der Waals surface area contributed by atoms with Crippen LogP contribution in [0.25, 0.3) is 17.2 Å². The molecule has 0 radical (unpaired) electrons. The highest BCUT2D eigenvalue weighted by atomic mass is 19.1. The molecule has 168 valence electrons. The predicted octanol–water partition coefficient (Wildman–Crippen LogP) is 5.27. The summed E-state index contributed by atoms with van der Waals surface area (Å²) >= 11 is 0. The van der Waals surface area contributed by atoms with Crippen LogP contribution in [0.5, 0.6) is 0 Å². The van der Waals surface area contributed by atoms with Gasteiger partial charge in [-0.15, -0.1) is 0 Å². The molecule has 3 aliphatic rings. The van der Waals surface area contributed by atoms with Gasteiger partial charge >= 0.3 is 5.97 Å². The number of aromatic nitrogens is 1. The zero-order chi connectivity index (χ0) is 22.7. The van der Waals surface area contributed by atoms with Crippen LogP contribution in [-0.2, 0) is 9.53 Å². The molecule has 32 heavy (non-hydrogen) atoms. The Morgan fingerprint density at radius 1 is 1.12 bits per heavy atom. The fourth-order valence-electron chi connectivity index (χ4n) is 6.99. The van der Waals surface area contributed by atoms with Crippen LogP contribution in [0.1, 0.15) is 45.7 Å². The Hall–Kier alpha value is -2.53. The first-order chi connectivity index (χ1) is 15.3. The Morgan fingerprint density at radius 3 is 2.66 bits per heavy atom. The Labute approximate surface area is 188 Å². The third-order valence-electron chi connectivity index (χ3n) is 8.60. The number of hydrogen-bond acceptors (Lipinski definition) is 4. The summed E-state index contributed by atoms with van der Waals surface area (Å²) in [5, 5.41) is 10.7. The van der Waals surface area contributed by atoms with E-state index in [2.05, 4.69) is 24.9 Å². The number of cyclic esters (lactones) is 1. The Morgan fingerprint density at radius 2 is 1.94 bits per heavy atom. The number of hydrogen-bond donors (Lipinski definition) is 1. The predicted molar refractivity (Wildman–Crippen MR) is 121 cm³/mol. The fraction of sp³-hybridized carbons (Fsp3) is 0.481. The van der Waals surface area contributed by atoms with E-state index in [1.165, 1.54) is 12.1 Å². The number of esters is 1. The van der Waals surface area contributed by atoms with Gasteiger partial charge in [0.2, 0.25) is 0 Å². The lowest BCUT2D eigenvalue weighted by molar-refractivity contribution is -0.151. The van der Waals surface area contributed by atoms with Gasteiger partial charge < -0.3 is 9.84 Å². The number of carbonyl (C=O) groups excluding carboxylic acids is 1. The molecule has 2 aliphatic carbocycles. The maximum Gasteiger partial charge on any atom is 0.313 e. The summed E-state index contributed by atoms with van der Waals surface area (Å²) in [7, 11) is 0. The fourth-order valence-corrected chi connectivity index (χ4v) is 6.99. The molecule has 2 heterocycles. The van der Waals surface area contributed by atoms with E-state index in [1.807, 2.05) is 31.2 Å². The monoisotopic (exact) mass is 435 g/mol. The van der Waals surface area contributed by atoms with Gasteiger partial charge in [-0.1, -0.05) is 38.1 Å². The Kier molecular flexibility index (Phi) is 5.01. The molecule has 1 N–H and O–H groups in total. The van der Waals surface area contributed by atoms with E-state index in [-0.39, 0.29) is 29.2 Å². The average Bonchev–Trinajstić information content (AvgIpc) is 3.17. The quantitative estimate of drug-likeness (QED) is 0.668. The van der Waals surface area contributed by atoms with E-state index in [0.29, 0.717) is 24.7 Å². The van der Waals surface area contributed by atoms with E-state index >= 15 is 0 Å². The molecule has 5 rings (SSSR count). The average molecular weight is 436 g/mol. The van der Waals surface area contributed by atoms with Crippen molar-refractivity contribution in [1.29, 1.82) is 0 Å². The third-order valence-corrected chi connectivity index (χ3v) is 8.60. The first-order valence-corrected chi connectivity index (χ1v) is 11.6. The van der Waals surface area contributed by atoms with Gasteiger partial charge in [0, 0.05) is 17.2 Å². The summed E-state index contributed by atoms with van der Waals surface area (Å²) in [6.45, 7) is 6.45. The number of carbonyl (C=O) groups is 1. The molecule has 0 bridgehead atoms. The minimum Gasteiger partial charge on any atom is -0.462 e. The molecular formula is C27H30FNO3. The van der Waals surface area contributed by atoms with Gasteiger partial charge in [0.1, 0.15) is 11.9 Å². The van der Waals surface area contributed by atoms with Gasteiger partial charge in [-0.2, -0.15) is 0 Å². The van der Waals surface area contributed by atoms with E-state index in [1.54, 1.807) is 12.3 Å². The van der Waals surface area contributed by atoms with Crippen molar-refractivity contribution < 1.29 is 19.0 Å². The van der Waals surface area contributed by atoms with E-state index < -0.39 is 11.5 Å². The summed E-state index contributed by atoms with van der Waals surface area (Å²) < 4.78 is 19.4. The topological polar surface area (TPSA) is 59.4 Å². The minimum absolute atomic E-state index is 0.106. The Balaban J connectivity index is 1.48. The first-order valence-electron chi connectivity index (χ1n) is 11.6. The van der Waals surface area contributed by atoms with Crippen LogP contribution < -0.4 is 0 Å². The number of halogens is 1. The van der Waals surface area contributed by atoms with Crippen LogP contribution in [-0.4, -0.2) is 28.3 Å². The van der Waals surface area contributed by atoms with Crippen molar-refractivity contribution in [1.82, 2.24) is 4.98 Å². The normalized spacial score (nSPS) is 38.5. The number of aliphatic hydroxyl groups is 1. The number of aliphatic hydroxyl groups excluding tert-OH is 1. The van der Waals surface area contributed by atoms with Crippen LogP contribution >= 0.6 is 0 Å². The van der Waals surface area contributed by atoms with Crippen LogP contribution in [0.3, 0.4) is 0 Å².